The normalized spacial score (nSPS) is 19.6. The Hall–Kier alpha value is -3.30. The van der Waals surface area contributed by atoms with Gasteiger partial charge in [0.1, 0.15) is 0 Å². The zero-order valence-corrected chi connectivity index (χ0v) is 22.5. The highest BCUT2D eigenvalue weighted by molar-refractivity contribution is 7.89. The average molecular weight is 536 g/mol. The summed E-state index contributed by atoms with van der Waals surface area (Å²) in [6, 6.07) is 14.2. The molecular formula is C29H33N3O5S. The Kier molecular flexibility index (Phi) is 7.24. The van der Waals surface area contributed by atoms with E-state index in [9.17, 15) is 23.1 Å². The molecule has 0 radical (unpaired) electrons. The molecule has 1 amide bonds. The van der Waals surface area contributed by atoms with Crippen molar-refractivity contribution in [1.82, 2.24) is 14.6 Å². The summed E-state index contributed by atoms with van der Waals surface area (Å²) in [5.74, 6) is -1.05. The number of carbonyl (C=O) groups is 2. The minimum absolute atomic E-state index is 0.0544. The number of nitrogens with one attached hydrogen (secondary N) is 1. The van der Waals surface area contributed by atoms with Gasteiger partial charge in [-0.1, -0.05) is 37.3 Å². The molecule has 2 heterocycles. The van der Waals surface area contributed by atoms with Crippen LogP contribution in [0.2, 0.25) is 0 Å². The Morgan fingerprint density at radius 1 is 1.08 bits per heavy atom. The first-order chi connectivity index (χ1) is 18.1. The van der Waals surface area contributed by atoms with Crippen LogP contribution in [0.5, 0.6) is 0 Å². The van der Waals surface area contributed by atoms with E-state index in [1.54, 1.807) is 6.07 Å². The summed E-state index contributed by atoms with van der Waals surface area (Å²) in [7, 11) is -3.86. The van der Waals surface area contributed by atoms with E-state index in [4.69, 9.17) is 0 Å². The summed E-state index contributed by atoms with van der Waals surface area (Å²) in [5, 5.41) is 13.5. The van der Waals surface area contributed by atoms with Crippen molar-refractivity contribution < 1.29 is 23.1 Å². The maximum absolute atomic E-state index is 13.5. The van der Waals surface area contributed by atoms with Gasteiger partial charge in [0.2, 0.25) is 15.9 Å². The third-order valence-electron chi connectivity index (χ3n) is 7.90. The second-order valence-electron chi connectivity index (χ2n) is 10.6. The molecule has 1 aromatic heterocycles. The van der Waals surface area contributed by atoms with Crippen LogP contribution < -0.4 is 5.32 Å². The molecule has 0 spiro atoms. The zero-order chi connectivity index (χ0) is 27.0. The van der Waals surface area contributed by atoms with Crippen molar-refractivity contribution in [2.24, 2.45) is 11.8 Å². The monoisotopic (exact) mass is 535 g/mol. The van der Waals surface area contributed by atoms with Gasteiger partial charge in [-0.15, -0.1) is 0 Å². The molecule has 0 bridgehead atoms. The minimum atomic E-state index is -3.86. The van der Waals surface area contributed by atoms with Crippen molar-refractivity contribution in [1.29, 1.82) is 0 Å². The lowest BCUT2D eigenvalue weighted by molar-refractivity contribution is -0.126. The van der Waals surface area contributed by atoms with Gasteiger partial charge in [-0.2, -0.15) is 4.31 Å². The fraction of sp³-hybridized carbons (Fsp3) is 0.414. The van der Waals surface area contributed by atoms with Crippen molar-refractivity contribution in [3.05, 3.63) is 70.9 Å². The molecule has 0 saturated carbocycles. The van der Waals surface area contributed by atoms with Crippen molar-refractivity contribution in [2.75, 3.05) is 13.1 Å². The number of hydrogen-bond acceptors (Lipinski definition) is 5. The van der Waals surface area contributed by atoms with Gasteiger partial charge in [-0.05, 0) is 74.3 Å². The van der Waals surface area contributed by atoms with Gasteiger partial charge >= 0.3 is 5.97 Å². The number of benzene rings is 2. The van der Waals surface area contributed by atoms with Gasteiger partial charge in [0.25, 0.3) is 0 Å². The maximum atomic E-state index is 13.5. The molecule has 200 valence electrons. The highest BCUT2D eigenvalue weighted by atomic mass is 32.2. The Bertz CT molecular complexity index is 1480. The molecule has 1 aliphatic heterocycles. The second-order valence-corrected chi connectivity index (χ2v) is 12.5. The summed E-state index contributed by atoms with van der Waals surface area (Å²) < 4.78 is 28.5. The molecule has 0 unspecified atom stereocenters. The molecule has 2 N–H and O–H groups in total. The van der Waals surface area contributed by atoms with Gasteiger partial charge in [-0.25, -0.2) is 13.2 Å². The fourth-order valence-electron chi connectivity index (χ4n) is 5.66. The fourth-order valence-corrected chi connectivity index (χ4v) is 7.16. The predicted octanol–water partition coefficient (Wildman–Crippen LogP) is 4.34. The summed E-state index contributed by atoms with van der Waals surface area (Å²) in [5.41, 5.74) is 3.19. The largest absolute Gasteiger partial charge is 0.478 e. The highest BCUT2D eigenvalue weighted by Gasteiger charge is 2.33. The van der Waals surface area contributed by atoms with Crippen LogP contribution in [0.15, 0.2) is 53.4 Å². The summed E-state index contributed by atoms with van der Waals surface area (Å²) in [4.78, 5) is 29.9. The lowest BCUT2D eigenvalue weighted by Crippen LogP contribution is -2.43. The van der Waals surface area contributed by atoms with Crippen molar-refractivity contribution in [2.45, 2.75) is 56.9 Å². The molecule has 2 aromatic carbocycles. The summed E-state index contributed by atoms with van der Waals surface area (Å²) >= 11 is 0. The van der Waals surface area contributed by atoms with E-state index in [2.05, 4.69) is 17.2 Å². The second kappa shape index (κ2) is 10.5. The smallest absolute Gasteiger partial charge is 0.336 e. The average Bonchev–Trinajstić information content (AvgIpc) is 2.91. The topological polar surface area (TPSA) is 117 Å². The molecule has 38 heavy (non-hydrogen) atoms. The molecular weight excluding hydrogens is 502 g/mol. The lowest BCUT2D eigenvalue weighted by Gasteiger charge is -2.31. The van der Waals surface area contributed by atoms with Crippen molar-refractivity contribution in [3.8, 4) is 0 Å². The van der Waals surface area contributed by atoms with Crippen LogP contribution >= 0.6 is 0 Å². The third kappa shape index (κ3) is 5.05. The molecule has 1 fully saturated rings. The first-order valence-corrected chi connectivity index (χ1v) is 14.6. The van der Waals surface area contributed by atoms with E-state index >= 15 is 0 Å². The predicted molar refractivity (Wildman–Crippen MR) is 144 cm³/mol. The van der Waals surface area contributed by atoms with Crippen LogP contribution in [-0.4, -0.2) is 47.8 Å². The molecule has 3 aromatic rings. The number of carboxylic acid groups (broad SMARTS) is 1. The number of carbonyl (C=O) groups excluding carboxylic acids is 1. The number of nitrogens with zero attached hydrogens (tertiary/aromatic N) is 2. The van der Waals surface area contributed by atoms with Crippen LogP contribution in [0.25, 0.3) is 10.9 Å². The molecule has 5 rings (SSSR count). The molecule has 1 saturated heterocycles. The zero-order valence-electron chi connectivity index (χ0n) is 21.7. The number of sulfonamides is 1. The third-order valence-corrected chi connectivity index (χ3v) is 9.80. The Morgan fingerprint density at radius 3 is 2.47 bits per heavy atom. The molecule has 2 aliphatic rings. The molecule has 9 heteroatoms. The van der Waals surface area contributed by atoms with E-state index in [-0.39, 0.29) is 41.4 Å². The number of hydrogen-bond donors (Lipinski definition) is 2. The molecule has 2 atom stereocenters. The lowest BCUT2D eigenvalue weighted by atomic mass is 9.84. The number of fused-ring (bicyclic) bond motifs is 2. The molecule has 8 nitrogen and oxygen atoms in total. The summed E-state index contributed by atoms with van der Waals surface area (Å²) in [6.45, 7) is 4.48. The van der Waals surface area contributed by atoms with Crippen LogP contribution in [0, 0.1) is 11.8 Å². The number of aromatic nitrogens is 1. The number of amides is 1. The van der Waals surface area contributed by atoms with Gasteiger partial charge in [0.05, 0.1) is 22.0 Å². The van der Waals surface area contributed by atoms with Crippen LogP contribution in [0.3, 0.4) is 0 Å². The Labute approximate surface area is 223 Å². The SMILES string of the molecule is C[C@H]1CCc2nc3ccc(S(=O)(=O)N4CCC(C(=O)N[C@H](C)c5ccccc5)CC4)cc3c(C(=O)O)c2C1. The number of carboxylic acids is 1. The van der Waals surface area contributed by atoms with Crippen LogP contribution in [0.4, 0.5) is 0 Å². The number of aromatic carboxylic acids is 1. The quantitative estimate of drug-likeness (QED) is 0.485. The maximum Gasteiger partial charge on any atom is 0.336 e. The first kappa shape index (κ1) is 26.3. The number of rotatable bonds is 6. The highest BCUT2D eigenvalue weighted by Crippen LogP contribution is 2.33. The first-order valence-electron chi connectivity index (χ1n) is 13.2. The Morgan fingerprint density at radius 2 is 1.79 bits per heavy atom. The van der Waals surface area contributed by atoms with Gasteiger partial charge in [0, 0.05) is 30.1 Å². The van der Waals surface area contributed by atoms with E-state index in [1.807, 2.05) is 37.3 Å². The van der Waals surface area contributed by atoms with Gasteiger partial charge < -0.3 is 10.4 Å². The molecule has 1 aliphatic carbocycles. The number of aryl methyl sites for hydroxylation is 1. The number of piperidine rings is 1. The number of pyridine rings is 1. The van der Waals surface area contributed by atoms with Crippen molar-refractivity contribution >= 4 is 32.8 Å². The van der Waals surface area contributed by atoms with Crippen LogP contribution in [0.1, 0.15) is 66.3 Å². The summed E-state index contributed by atoms with van der Waals surface area (Å²) in [6.07, 6.45) is 3.14. The van der Waals surface area contributed by atoms with E-state index in [0.717, 1.165) is 29.7 Å². The Balaban J connectivity index is 1.34. The standard InChI is InChI=1S/C29H33N3O5S/c1-18-8-10-25-23(16-18)27(29(34)35)24-17-22(9-11-26(24)31-25)38(36,37)32-14-12-21(13-15-32)28(33)30-19(2)20-6-4-3-5-7-20/h3-7,9,11,17-19,21H,8,10,12-16H2,1-2H3,(H,30,33)(H,34,35)/t18-,19+/m0/s1. The van der Waals surface area contributed by atoms with Crippen LogP contribution in [-0.2, 0) is 27.7 Å². The van der Waals surface area contributed by atoms with E-state index in [0.29, 0.717) is 36.1 Å². The van der Waals surface area contributed by atoms with Gasteiger partial charge in [-0.3, -0.25) is 9.78 Å². The van der Waals surface area contributed by atoms with E-state index < -0.39 is 16.0 Å². The van der Waals surface area contributed by atoms with Crippen molar-refractivity contribution in [3.63, 3.8) is 0 Å². The van der Waals surface area contributed by atoms with E-state index in [1.165, 1.54) is 16.4 Å². The minimum Gasteiger partial charge on any atom is -0.478 e. The van der Waals surface area contributed by atoms with Gasteiger partial charge in [0.15, 0.2) is 0 Å².